The first kappa shape index (κ1) is 13.0. The summed E-state index contributed by atoms with van der Waals surface area (Å²) in [6.07, 6.45) is 1.70. The average molecular weight is 244 g/mol. The second-order valence-corrected chi connectivity index (χ2v) is 5.63. The van der Waals surface area contributed by atoms with Crippen molar-refractivity contribution in [2.24, 2.45) is 16.6 Å². The van der Waals surface area contributed by atoms with Crippen LogP contribution in [-0.2, 0) is 16.4 Å². The molecule has 0 aliphatic heterocycles. The van der Waals surface area contributed by atoms with Crippen LogP contribution in [0.2, 0.25) is 0 Å². The number of pyridine rings is 1. The molecule has 0 saturated heterocycles. The Hall–Kier alpha value is -1.02. The summed E-state index contributed by atoms with van der Waals surface area (Å²) < 4.78 is 22.0. The SMILES string of the molecule is CC(N)(CN)Cc1ccc(S(N)(=O)=O)cn1. The van der Waals surface area contributed by atoms with E-state index < -0.39 is 15.6 Å². The van der Waals surface area contributed by atoms with E-state index in [9.17, 15) is 8.42 Å². The smallest absolute Gasteiger partial charge is 0.239 e. The van der Waals surface area contributed by atoms with Gasteiger partial charge in [0.2, 0.25) is 10.0 Å². The van der Waals surface area contributed by atoms with Crippen LogP contribution < -0.4 is 16.6 Å². The van der Waals surface area contributed by atoms with Gasteiger partial charge in [-0.05, 0) is 19.1 Å². The van der Waals surface area contributed by atoms with Crippen molar-refractivity contribution >= 4 is 10.0 Å². The summed E-state index contributed by atoms with van der Waals surface area (Å²) in [7, 11) is -3.69. The van der Waals surface area contributed by atoms with E-state index in [0.717, 1.165) is 0 Å². The van der Waals surface area contributed by atoms with E-state index in [1.54, 1.807) is 6.07 Å². The molecule has 0 bridgehead atoms. The largest absolute Gasteiger partial charge is 0.329 e. The third kappa shape index (κ3) is 3.53. The predicted octanol–water partition coefficient (Wildman–Crippen LogP) is -1.05. The molecule has 0 spiro atoms. The minimum atomic E-state index is -3.69. The van der Waals surface area contributed by atoms with Gasteiger partial charge in [-0.2, -0.15) is 0 Å². The Labute approximate surface area is 94.9 Å². The highest BCUT2D eigenvalue weighted by molar-refractivity contribution is 7.89. The minimum Gasteiger partial charge on any atom is -0.329 e. The normalized spacial score (nSPS) is 15.8. The quantitative estimate of drug-likeness (QED) is 0.623. The van der Waals surface area contributed by atoms with Gasteiger partial charge < -0.3 is 11.5 Å². The predicted molar refractivity (Wildman–Crippen MR) is 61.0 cm³/mol. The lowest BCUT2D eigenvalue weighted by Crippen LogP contribution is -2.46. The molecule has 1 rings (SSSR count). The number of hydrogen-bond acceptors (Lipinski definition) is 5. The topological polar surface area (TPSA) is 125 Å². The van der Waals surface area contributed by atoms with Crippen molar-refractivity contribution in [3.8, 4) is 0 Å². The van der Waals surface area contributed by atoms with Crippen molar-refractivity contribution in [2.75, 3.05) is 6.54 Å². The third-order valence-electron chi connectivity index (χ3n) is 2.18. The molecule has 0 fully saturated rings. The molecule has 0 aromatic carbocycles. The van der Waals surface area contributed by atoms with Gasteiger partial charge in [-0.1, -0.05) is 0 Å². The highest BCUT2D eigenvalue weighted by atomic mass is 32.2. The van der Waals surface area contributed by atoms with Crippen molar-refractivity contribution < 1.29 is 8.42 Å². The summed E-state index contributed by atoms with van der Waals surface area (Å²) in [6.45, 7) is 2.13. The summed E-state index contributed by atoms with van der Waals surface area (Å²) in [5.41, 5.74) is 11.5. The number of sulfonamides is 1. The molecule has 1 aromatic heterocycles. The number of nitrogens with two attached hydrogens (primary N) is 3. The standard InChI is InChI=1S/C9H16N4O2S/c1-9(11,6-10)4-7-2-3-8(5-13-7)16(12,14)15/h2-3,5H,4,6,10-11H2,1H3,(H2,12,14,15). The van der Waals surface area contributed by atoms with Gasteiger partial charge in [-0.25, -0.2) is 13.6 Å². The second-order valence-electron chi connectivity index (χ2n) is 4.07. The lowest BCUT2D eigenvalue weighted by molar-refractivity contribution is 0.472. The maximum Gasteiger partial charge on any atom is 0.239 e. The first-order valence-electron chi connectivity index (χ1n) is 4.71. The molecular formula is C9H16N4O2S. The summed E-state index contributed by atoms with van der Waals surface area (Å²) in [4.78, 5) is 3.97. The zero-order chi connectivity index (χ0) is 12.4. The third-order valence-corrected chi connectivity index (χ3v) is 3.08. The Morgan fingerprint density at radius 3 is 2.44 bits per heavy atom. The van der Waals surface area contributed by atoms with Crippen LogP contribution in [0.5, 0.6) is 0 Å². The van der Waals surface area contributed by atoms with Crippen molar-refractivity contribution in [1.82, 2.24) is 4.98 Å². The Morgan fingerprint density at radius 1 is 1.44 bits per heavy atom. The van der Waals surface area contributed by atoms with Gasteiger partial charge in [0.25, 0.3) is 0 Å². The number of nitrogens with zero attached hydrogens (tertiary/aromatic N) is 1. The van der Waals surface area contributed by atoms with Crippen LogP contribution in [0.3, 0.4) is 0 Å². The Morgan fingerprint density at radius 2 is 2.06 bits per heavy atom. The molecule has 0 saturated carbocycles. The first-order valence-corrected chi connectivity index (χ1v) is 6.26. The number of hydrogen-bond donors (Lipinski definition) is 3. The zero-order valence-corrected chi connectivity index (χ0v) is 9.87. The minimum absolute atomic E-state index is 0.0114. The van der Waals surface area contributed by atoms with Gasteiger partial charge in [0.1, 0.15) is 4.90 Å². The number of primary sulfonamides is 1. The molecule has 6 N–H and O–H groups in total. The molecule has 1 unspecified atom stereocenters. The molecule has 0 aliphatic carbocycles. The first-order chi connectivity index (χ1) is 7.24. The van der Waals surface area contributed by atoms with Gasteiger partial charge in [0, 0.05) is 30.4 Å². The van der Waals surface area contributed by atoms with Gasteiger partial charge in [-0.3, -0.25) is 4.98 Å². The van der Waals surface area contributed by atoms with Gasteiger partial charge in [0.05, 0.1) is 0 Å². The Balaban J connectivity index is 2.89. The summed E-state index contributed by atoms with van der Waals surface area (Å²) >= 11 is 0. The molecular weight excluding hydrogens is 228 g/mol. The Kier molecular flexibility index (Phi) is 3.64. The van der Waals surface area contributed by atoms with Crippen LogP contribution in [0.1, 0.15) is 12.6 Å². The molecule has 0 aliphatic rings. The molecule has 6 nitrogen and oxygen atoms in total. The molecule has 1 aromatic rings. The van der Waals surface area contributed by atoms with E-state index in [4.69, 9.17) is 16.6 Å². The highest BCUT2D eigenvalue weighted by Gasteiger charge is 2.18. The summed E-state index contributed by atoms with van der Waals surface area (Å²) in [5.74, 6) is 0. The van der Waals surface area contributed by atoms with Crippen LogP contribution in [0.4, 0.5) is 0 Å². The van der Waals surface area contributed by atoms with Crippen LogP contribution >= 0.6 is 0 Å². The molecule has 16 heavy (non-hydrogen) atoms. The van der Waals surface area contributed by atoms with Gasteiger partial charge in [-0.15, -0.1) is 0 Å². The van der Waals surface area contributed by atoms with E-state index in [1.165, 1.54) is 12.3 Å². The molecule has 1 atom stereocenters. The Bertz CT molecular complexity index is 453. The van der Waals surface area contributed by atoms with E-state index in [0.29, 0.717) is 18.7 Å². The van der Waals surface area contributed by atoms with E-state index >= 15 is 0 Å². The summed E-state index contributed by atoms with van der Waals surface area (Å²) in [6, 6.07) is 2.99. The van der Waals surface area contributed by atoms with Crippen LogP contribution in [0.15, 0.2) is 23.2 Å². The zero-order valence-electron chi connectivity index (χ0n) is 9.05. The van der Waals surface area contributed by atoms with Crippen molar-refractivity contribution in [1.29, 1.82) is 0 Å². The fourth-order valence-electron chi connectivity index (χ4n) is 1.17. The van der Waals surface area contributed by atoms with Crippen LogP contribution in [-0.4, -0.2) is 25.5 Å². The van der Waals surface area contributed by atoms with Crippen LogP contribution in [0, 0.1) is 0 Å². The molecule has 0 amide bonds. The molecule has 1 heterocycles. The van der Waals surface area contributed by atoms with Crippen molar-refractivity contribution in [3.63, 3.8) is 0 Å². The van der Waals surface area contributed by atoms with Gasteiger partial charge in [0.15, 0.2) is 0 Å². The number of rotatable bonds is 4. The maximum absolute atomic E-state index is 11.0. The highest BCUT2D eigenvalue weighted by Crippen LogP contribution is 2.10. The van der Waals surface area contributed by atoms with Crippen LogP contribution in [0.25, 0.3) is 0 Å². The molecule has 90 valence electrons. The fraction of sp³-hybridized carbons (Fsp3) is 0.444. The maximum atomic E-state index is 11.0. The molecule has 7 heteroatoms. The fourth-order valence-corrected chi connectivity index (χ4v) is 1.63. The van der Waals surface area contributed by atoms with E-state index in [1.807, 2.05) is 6.92 Å². The van der Waals surface area contributed by atoms with E-state index in [-0.39, 0.29) is 4.90 Å². The van der Waals surface area contributed by atoms with Crippen molar-refractivity contribution in [3.05, 3.63) is 24.0 Å². The average Bonchev–Trinajstić information content (AvgIpc) is 2.16. The second kappa shape index (κ2) is 4.46. The lowest BCUT2D eigenvalue weighted by atomic mass is 9.97. The molecule has 0 radical (unpaired) electrons. The van der Waals surface area contributed by atoms with E-state index in [2.05, 4.69) is 4.98 Å². The number of aromatic nitrogens is 1. The monoisotopic (exact) mass is 244 g/mol. The summed E-state index contributed by atoms with van der Waals surface area (Å²) in [5, 5.41) is 4.95. The van der Waals surface area contributed by atoms with Crippen molar-refractivity contribution in [2.45, 2.75) is 23.8 Å². The van der Waals surface area contributed by atoms with Gasteiger partial charge >= 0.3 is 0 Å². The lowest BCUT2D eigenvalue weighted by Gasteiger charge is -2.21.